The molecule has 1 aromatic rings. The number of hydrogen-bond acceptors (Lipinski definition) is 2. The quantitative estimate of drug-likeness (QED) is 0.783. The molecule has 0 N–H and O–H groups in total. The lowest BCUT2D eigenvalue weighted by atomic mass is 9.65. The third-order valence-corrected chi connectivity index (χ3v) is 7.65. The minimum absolute atomic E-state index is 0.0600. The van der Waals surface area contributed by atoms with Crippen molar-refractivity contribution in [2.45, 2.75) is 55.6 Å². The fourth-order valence-corrected chi connectivity index (χ4v) is 6.60. The maximum Gasteiger partial charge on any atom is 0.146 e. The van der Waals surface area contributed by atoms with Gasteiger partial charge in [-0.3, -0.25) is 4.79 Å². The average molecular weight is 286 g/mol. The zero-order valence-corrected chi connectivity index (χ0v) is 12.9. The topological polar surface area (TPSA) is 17.1 Å². The van der Waals surface area contributed by atoms with Crippen molar-refractivity contribution >= 4 is 17.5 Å². The molecule has 4 rings (SSSR count). The summed E-state index contributed by atoms with van der Waals surface area (Å²) in [5.41, 5.74) is 0.00889. The highest BCUT2D eigenvalue weighted by Crippen LogP contribution is 2.68. The van der Waals surface area contributed by atoms with E-state index in [4.69, 9.17) is 0 Å². The van der Waals surface area contributed by atoms with Crippen molar-refractivity contribution in [1.29, 1.82) is 0 Å². The largest absolute Gasteiger partial charge is 0.298 e. The van der Waals surface area contributed by atoms with Gasteiger partial charge in [0.15, 0.2) is 0 Å². The molecular weight excluding hydrogens is 264 g/mol. The van der Waals surface area contributed by atoms with E-state index in [1.807, 2.05) is 11.8 Å². The van der Waals surface area contributed by atoms with Crippen molar-refractivity contribution in [3.63, 3.8) is 0 Å². The standard InChI is InChI=1S/C18H22OS/c1-17-11-13-7-5-6-10-18(13,16(17)19)12-15(17)20-14-8-3-2-4-9-14/h2-4,8-9,13,15H,5-7,10-12H2,1H3/t13?,15?,17-,18-/m0/s1. The van der Waals surface area contributed by atoms with Gasteiger partial charge in [-0.15, -0.1) is 11.8 Å². The summed E-state index contributed by atoms with van der Waals surface area (Å²) in [6.07, 6.45) is 7.35. The van der Waals surface area contributed by atoms with E-state index in [9.17, 15) is 4.79 Å². The molecule has 1 aromatic carbocycles. The molecule has 2 bridgehead atoms. The van der Waals surface area contributed by atoms with Gasteiger partial charge in [0.2, 0.25) is 0 Å². The third kappa shape index (κ3) is 1.60. The number of carbonyl (C=O) groups excluding carboxylic acids is 1. The van der Waals surface area contributed by atoms with Crippen LogP contribution in [0.3, 0.4) is 0 Å². The Bertz CT molecular complexity index is 540. The fraction of sp³-hybridized carbons (Fsp3) is 0.611. The Balaban J connectivity index is 1.64. The van der Waals surface area contributed by atoms with Crippen molar-refractivity contribution in [2.24, 2.45) is 16.7 Å². The molecule has 0 amide bonds. The Hall–Kier alpha value is -0.760. The molecule has 0 heterocycles. The lowest BCUT2D eigenvalue weighted by Gasteiger charge is -2.40. The van der Waals surface area contributed by atoms with Gasteiger partial charge in [-0.2, -0.15) is 0 Å². The highest BCUT2D eigenvalue weighted by atomic mass is 32.2. The molecule has 3 aliphatic carbocycles. The maximum absolute atomic E-state index is 13.0. The maximum atomic E-state index is 13.0. The SMILES string of the molecule is C[C@]12CC3CCCC[C@@]3(CC1Sc1ccccc1)C2=O. The van der Waals surface area contributed by atoms with E-state index >= 15 is 0 Å². The zero-order chi connectivity index (χ0) is 13.8. The Morgan fingerprint density at radius 1 is 1.15 bits per heavy atom. The van der Waals surface area contributed by atoms with Crippen molar-refractivity contribution in [3.05, 3.63) is 30.3 Å². The molecule has 1 nitrogen and oxygen atoms in total. The second kappa shape index (κ2) is 4.37. The van der Waals surface area contributed by atoms with E-state index in [0.717, 1.165) is 19.3 Å². The van der Waals surface area contributed by atoms with Gasteiger partial charge < -0.3 is 0 Å². The van der Waals surface area contributed by atoms with Crippen LogP contribution in [-0.4, -0.2) is 11.0 Å². The summed E-state index contributed by atoms with van der Waals surface area (Å²) in [6.45, 7) is 2.25. The lowest BCUT2D eigenvalue weighted by molar-refractivity contribution is -0.130. The number of benzene rings is 1. The van der Waals surface area contributed by atoms with Crippen LogP contribution in [0.1, 0.15) is 45.4 Å². The Kier molecular flexibility index (Phi) is 2.82. The zero-order valence-electron chi connectivity index (χ0n) is 12.1. The van der Waals surface area contributed by atoms with Gasteiger partial charge in [0.1, 0.15) is 5.78 Å². The van der Waals surface area contributed by atoms with E-state index in [1.54, 1.807) is 0 Å². The summed E-state index contributed by atoms with van der Waals surface area (Å²) < 4.78 is 0. The van der Waals surface area contributed by atoms with Crippen LogP contribution >= 0.6 is 11.8 Å². The summed E-state index contributed by atoms with van der Waals surface area (Å²) in [5.74, 6) is 1.31. The first-order valence-electron chi connectivity index (χ1n) is 7.92. The normalized spacial score (nSPS) is 42.8. The minimum atomic E-state index is -0.0600. The molecule has 2 unspecified atom stereocenters. The van der Waals surface area contributed by atoms with Gasteiger partial charge in [-0.1, -0.05) is 38.0 Å². The number of Topliss-reactive ketones (excluding diaryl/α,β-unsaturated/α-hetero) is 1. The molecule has 3 aliphatic rings. The molecule has 2 heteroatoms. The van der Waals surface area contributed by atoms with Crippen molar-refractivity contribution < 1.29 is 4.79 Å². The number of rotatable bonds is 2. The third-order valence-electron chi connectivity index (χ3n) is 6.13. The van der Waals surface area contributed by atoms with Gasteiger partial charge in [0.25, 0.3) is 0 Å². The monoisotopic (exact) mass is 286 g/mol. The molecule has 3 saturated carbocycles. The number of carbonyl (C=O) groups is 1. The molecule has 0 saturated heterocycles. The Morgan fingerprint density at radius 2 is 1.95 bits per heavy atom. The van der Waals surface area contributed by atoms with E-state index in [-0.39, 0.29) is 10.8 Å². The van der Waals surface area contributed by atoms with E-state index in [0.29, 0.717) is 17.0 Å². The molecular formula is C18H22OS. The molecule has 20 heavy (non-hydrogen) atoms. The molecule has 0 aromatic heterocycles. The van der Waals surface area contributed by atoms with Crippen molar-refractivity contribution in [2.75, 3.05) is 0 Å². The molecule has 1 spiro atoms. The van der Waals surface area contributed by atoms with Crippen molar-refractivity contribution in [1.82, 2.24) is 0 Å². The number of thioether (sulfide) groups is 1. The van der Waals surface area contributed by atoms with Crippen LogP contribution < -0.4 is 0 Å². The predicted molar refractivity (Wildman–Crippen MR) is 82.8 cm³/mol. The molecule has 0 radical (unpaired) electrons. The number of ketones is 1. The van der Waals surface area contributed by atoms with Crippen LogP contribution in [-0.2, 0) is 4.79 Å². The predicted octanol–water partition coefficient (Wildman–Crippen LogP) is 4.71. The summed E-state index contributed by atoms with van der Waals surface area (Å²) in [7, 11) is 0. The van der Waals surface area contributed by atoms with Gasteiger partial charge >= 0.3 is 0 Å². The first-order chi connectivity index (χ1) is 9.65. The van der Waals surface area contributed by atoms with Crippen LogP contribution in [0.5, 0.6) is 0 Å². The highest BCUT2D eigenvalue weighted by molar-refractivity contribution is 8.00. The van der Waals surface area contributed by atoms with Gasteiger partial charge in [-0.05, 0) is 43.7 Å². The smallest absolute Gasteiger partial charge is 0.146 e. The summed E-state index contributed by atoms with van der Waals surface area (Å²) in [5, 5.41) is 0.492. The van der Waals surface area contributed by atoms with Gasteiger partial charge in [0, 0.05) is 21.0 Å². The molecule has 3 fully saturated rings. The molecule has 106 valence electrons. The van der Waals surface area contributed by atoms with Crippen molar-refractivity contribution in [3.8, 4) is 0 Å². The highest BCUT2D eigenvalue weighted by Gasteiger charge is 2.68. The fourth-order valence-electron chi connectivity index (χ4n) is 5.11. The van der Waals surface area contributed by atoms with E-state index in [2.05, 4.69) is 37.3 Å². The Morgan fingerprint density at radius 3 is 2.75 bits per heavy atom. The number of hydrogen-bond donors (Lipinski definition) is 0. The van der Waals surface area contributed by atoms with Crippen LogP contribution in [0.15, 0.2) is 35.2 Å². The van der Waals surface area contributed by atoms with E-state index < -0.39 is 0 Å². The van der Waals surface area contributed by atoms with E-state index in [1.165, 1.54) is 24.2 Å². The first kappa shape index (κ1) is 12.9. The van der Waals surface area contributed by atoms with Gasteiger partial charge in [0.05, 0.1) is 0 Å². The van der Waals surface area contributed by atoms with Gasteiger partial charge in [-0.25, -0.2) is 0 Å². The lowest BCUT2D eigenvalue weighted by Crippen LogP contribution is -2.34. The first-order valence-corrected chi connectivity index (χ1v) is 8.80. The van der Waals surface area contributed by atoms with Crippen LogP contribution in [0.25, 0.3) is 0 Å². The second-order valence-electron chi connectivity index (χ2n) is 7.17. The number of fused-ring (bicyclic) bond motifs is 1. The summed E-state index contributed by atoms with van der Waals surface area (Å²) >= 11 is 1.95. The average Bonchev–Trinajstić information content (AvgIpc) is 2.81. The Labute approximate surface area is 125 Å². The van der Waals surface area contributed by atoms with Crippen LogP contribution in [0, 0.1) is 16.7 Å². The van der Waals surface area contributed by atoms with Crippen LogP contribution in [0.4, 0.5) is 0 Å². The minimum Gasteiger partial charge on any atom is -0.298 e. The van der Waals surface area contributed by atoms with Crippen LogP contribution in [0.2, 0.25) is 0 Å². The summed E-state index contributed by atoms with van der Waals surface area (Å²) in [4.78, 5) is 14.4. The summed E-state index contributed by atoms with van der Waals surface area (Å²) in [6, 6.07) is 10.6. The molecule has 4 atom stereocenters. The molecule has 0 aliphatic heterocycles. The second-order valence-corrected chi connectivity index (χ2v) is 8.45.